The van der Waals surface area contributed by atoms with Gasteiger partial charge in [0.25, 0.3) is 11.6 Å². The number of ether oxygens (including phenoxy) is 1. The third-order valence-corrected chi connectivity index (χ3v) is 5.85. The van der Waals surface area contributed by atoms with E-state index in [1.165, 1.54) is 18.2 Å². The third-order valence-electron chi connectivity index (χ3n) is 5.85. The minimum Gasteiger partial charge on any atom is -0.479 e. The summed E-state index contributed by atoms with van der Waals surface area (Å²) in [6, 6.07) is 4.36. The van der Waals surface area contributed by atoms with E-state index in [9.17, 15) is 24.8 Å². The second-order valence-corrected chi connectivity index (χ2v) is 7.94. The zero-order valence-corrected chi connectivity index (χ0v) is 16.2. The van der Waals surface area contributed by atoms with Crippen molar-refractivity contribution in [1.29, 1.82) is 0 Å². The van der Waals surface area contributed by atoms with Crippen LogP contribution in [0, 0.1) is 15.5 Å². The molecule has 0 spiro atoms. The van der Waals surface area contributed by atoms with Crippen LogP contribution < -0.4 is 10.6 Å². The summed E-state index contributed by atoms with van der Waals surface area (Å²) in [6.45, 7) is 5.73. The van der Waals surface area contributed by atoms with Gasteiger partial charge >= 0.3 is 5.97 Å². The molecule has 2 atom stereocenters. The maximum atomic E-state index is 12.8. The Morgan fingerprint density at radius 1 is 1.36 bits per heavy atom. The zero-order chi connectivity index (χ0) is 20.7. The van der Waals surface area contributed by atoms with Gasteiger partial charge in [-0.25, -0.2) is 4.79 Å². The number of anilines is 1. The van der Waals surface area contributed by atoms with E-state index in [2.05, 4.69) is 10.6 Å². The van der Waals surface area contributed by atoms with Gasteiger partial charge in [0.15, 0.2) is 0 Å². The Balaban J connectivity index is 1.84. The predicted octanol–water partition coefficient (Wildman–Crippen LogP) is 2.56. The lowest BCUT2D eigenvalue weighted by Gasteiger charge is -2.58. The van der Waals surface area contributed by atoms with Crippen molar-refractivity contribution in [1.82, 2.24) is 5.32 Å². The molecule has 9 nitrogen and oxygen atoms in total. The third kappa shape index (κ3) is 3.30. The molecule has 3 N–H and O–H groups in total. The van der Waals surface area contributed by atoms with Crippen LogP contribution in [0.1, 0.15) is 50.4 Å². The molecule has 0 radical (unpaired) electrons. The number of benzene rings is 1. The Hall–Kier alpha value is -2.68. The molecule has 152 valence electrons. The molecule has 0 saturated heterocycles. The summed E-state index contributed by atoms with van der Waals surface area (Å²) < 4.78 is 5.58. The van der Waals surface area contributed by atoms with Gasteiger partial charge in [-0.15, -0.1) is 0 Å². The molecule has 28 heavy (non-hydrogen) atoms. The quantitative estimate of drug-likeness (QED) is 0.458. The highest BCUT2D eigenvalue weighted by molar-refractivity contribution is 5.99. The SMILES string of the molecule is CCOC1CC(NC(=O)c2ccc(NC3CC3)c([N+](=O)[O-])c2)(C(=O)O)C1(C)C. The maximum absolute atomic E-state index is 12.8. The number of hydrogen-bond acceptors (Lipinski definition) is 6. The first-order valence-electron chi connectivity index (χ1n) is 9.35. The van der Waals surface area contributed by atoms with E-state index in [0.29, 0.717) is 12.3 Å². The Morgan fingerprint density at radius 2 is 2.04 bits per heavy atom. The van der Waals surface area contributed by atoms with E-state index in [4.69, 9.17) is 4.74 Å². The van der Waals surface area contributed by atoms with Crippen LogP contribution in [-0.4, -0.2) is 46.2 Å². The molecule has 3 rings (SSSR count). The van der Waals surface area contributed by atoms with Crippen molar-refractivity contribution in [2.75, 3.05) is 11.9 Å². The molecule has 1 aromatic carbocycles. The molecule has 0 heterocycles. The number of carboxylic acids is 1. The summed E-state index contributed by atoms with van der Waals surface area (Å²) in [4.78, 5) is 35.6. The van der Waals surface area contributed by atoms with Gasteiger partial charge in [-0.1, -0.05) is 13.8 Å². The Labute approximate surface area is 162 Å². The van der Waals surface area contributed by atoms with Crippen LogP contribution in [0.15, 0.2) is 18.2 Å². The summed E-state index contributed by atoms with van der Waals surface area (Å²) in [5, 5.41) is 26.9. The number of rotatable bonds is 8. The highest BCUT2D eigenvalue weighted by atomic mass is 16.6. The first kappa shape index (κ1) is 20.1. The molecule has 0 bridgehead atoms. The monoisotopic (exact) mass is 391 g/mol. The molecule has 0 aliphatic heterocycles. The van der Waals surface area contributed by atoms with Gasteiger partial charge in [0.2, 0.25) is 0 Å². The van der Waals surface area contributed by atoms with Crippen LogP contribution in [0.4, 0.5) is 11.4 Å². The summed E-state index contributed by atoms with van der Waals surface area (Å²) in [6.07, 6.45) is 1.75. The standard InChI is InChI=1S/C19H25N3O6/c1-4-28-15-10-19(17(24)25,18(15,2)3)21-16(23)11-5-8-13(20-12-6-7-12)14(9-11)22(26)27/h5,8-9,12,15,20H,4,6-7,10H2,1-3H3,(H,21,23)(H,24,25). The molecule has 2 aliphatic carbocycles. The fourth-order valence-electron chi connectivity index (χ4n) is 3.70. The van der Waals surface area contributed by atoms with E-state index in [1.807, 2.05) is 6.92 Å². The summed E-state index contributed by atoms with van der Waals surface area (Å²) >= 11 is 0. The fourth-order valence-corrected chi connectivity index (χ4v) is 3.70. The lowest BCUT2D eigenvalue weighted by atomic mass is 9.54. The number of aliphatic carboxylic acids is 1. The molecule has 9 heteroatoms. The van der Waals surface area contributed by atoms with Gasteiger partial charge < -0.3 is 20.5 Å². The number of carbonyl (C=O) groups excluding carboxylic acids is 1. The lowest BCUT2D eigenvalue weighted by molar-refractivity contribution is -0.384. The molecule has 2 fully saturated rings. The average molecular weight is 391 g/mol. The molecular formula is C19H25N3O6. The van der Waals surface area contributed by atoms with E-state index < -0.39 is 27.8 Å². The molecular weight excluding hydrogens is 366 g/mol. The zero-order valence-electron chi connectivity index (χ0n) is 16.2. The number of carboxylic acid groups (broad SMARTS) is 1. The number of nitrogens with zero attached hydrogens (tertiary/aromatic N) is 1. The number of nitro groups is 1. The topological polar surface area (TPSA) is 131 Å². The van der Waals surface area contributed by atoms with Gasteiger partial charge in [-0.3, -0.25) is 14.9 Å². The molecule has 2 saturated carbocycles. The van der Waals surface area contributed by atoms with E-state index in [-0.39, 0.29) is 29.8 Å². The van der Waals surface area contributed by atoms with Crippen LogP contribution in [0.2, 0.25) is 0 Å². The highest BCUT2D eigenvalue weighted by Crippen LogP contribution is 2.51. The lowest BCUT2D eigenvalue weighted by Crippen LogP contribution is -2.76. The maximum Gasteiger partial charge on any atom is 0.330 e. The normalized spacial score (nSPS) is 25.5. The molecule has 2 aliphatic rings. The van der Waals surface area contributed by atoms with Crippen molar-refractivity contribution >= 4 is 23.3 Å². The van der Waals surface area contributed by atoms with Crippen molar-refractivity contribution < 1.29 is 24.4 Å². The first-order chi connectivity index (χ1) is 13.1. The smallest absolute Gasteiger partial charge is 0.330 e. The highest BCUT2D eigenvalue weighted by Gasteiger charge is 2.66. The number of nitro benzene ring substituents is 1. The van der Waals surface area contributed by atoms with Gasteiger partial charge in [0.05, 0.1) is 11.0 Å². The van der Waals surface area contributed by atoms with Crippen molar-refractivity contribution in [2.24, 2.45) is 5.41 Å². The molecule has 1 amide bonds. The van der Waals surface area contributed by atoms with Crippen molar-refractivity contribution in [2.45, 2.75) is 57.7 Å². The van der Waals surface area contributed by atoms with Crippen LogP contribution in [0.5, 0.6) is 0 Å². The van der Waals surface area contributed by atoms with Crippen LogP contribution in [0.25, 0.3) is 0 Å². The van der Waals surface area contributed by atoms with Gasteiger partial charge in [-0.05, 0) is 31.9 Å². The summed E-state index contributed by atoms with van der Waals surface area (Å²) in [7, 11) is 0. The van der Waals surface area contributed by atoms with Crippen molar-refractivity contribution in [3.63, 3.8) is 0 Å². The second kappa shape index (κ2) is 7.05. The number of nitrogens with one attached hydrogen (secondary N) is 2. The van der Waals surface area contributed by atoms with E-state index in [0.717, 1.165) is 12.8 Å². The predicted molar refractivity (Wildman–Crippen MR) is 101 cm³/mol. The second-order valence-electron chi connectivity index (χ2n) is 7.94. The number of hydrogen-bond donors (Lipinski definition) is 3. The van der Waals surface area contributed by atoms with Crippen molar-refractivity contribution in [3.05, 3.63) is 33.9 Å². The Bertz CT molecular complexity index is 820. The number of amides is 1. The fraction of sp³-hybridized carbons (Fsp3) is 0.579. The molecule has 1 aromatic rings. The van der Waals surface area contributed by atoms with Crippen LogP contribution in [0.3, 0.4) is 0 Å². The first-order valence-corrected chi connectivity index (χ1v) is 9.35. The van der Waals surface area contributed by atoms with Gasteiger partial charge in [0.1, 0.15) is 11.2 Å². The summed E-state index contributed by atoms with van der Waals surface area (Å²) in [5.74, 6) is -1.81. The average Bonchev–Trinajstić information content (AvgIpc) is 3.44. The molecule has 2 unspecified atom stereocenters. The van der Waals surface area contributed by atoms with Crippen LogP contribution in [-0.2, 0) is 9.53 Å². The van der Waals surface area contributed by atoms with Gasteiger partial charge in [-0.2, -0.15) is 0 Å². The largest absolute Gasteiger partial charge is 0.479 e. The minimum absolute atomic E-state index is 0.0457. The Kier molecular flexibility index (Phi) is 5.05. The minimum atomic E-state index is -1.50. The van der Waals surface area contributed by atoms with Crippen molar-refractivity contribution in [3.8, 4) is 0 Å². The van der Waals surface area contributed by atoms with E-state index >= 15 is 0 Å². The van der Waals surface area contributed by atoms with E-state index in [1.54, 1.807) is 13.8 Å². The number of carbonyl (C=O) groups is 2. The van der Waals surface area contributed by atoms with Gasteiger partial charge in [0, 0.05) is 36.1 Å². The summed E-state index contributed by atoms with van der Waals surface area (Å²) in [5.41, 5.74) is -2.13. The molecule has 0 aromatic heterocycles. The Morgan fingerprint density at radius 3 is 2.54 bits per heavy atom. The van der Waals surface area contributed by atoms with Crippen LogP contribution >= 0.6 is 0 Å².